The smallest absolute Gasteiger partial charge is 0.255 e. The van der Waals surface area contributed by atoms with E-state index in [1.807, 2.05) is 25.1 Å². The maximum absolute atomic E-state index is 12.2. The van der Waals surface area contributed by atoms with Gasteiger partial charge < -0.3 is 14.8 Å². The summed E-state index contributed by atoms with van der Waals surface area (Å²) in [4.78, 5) is 12.2. The van der Waals surface area contributed by atoms with Crippen LogP contribution in [0, 0.1) is 6.92 Å². The van der Waals surface area contributed by atoms with Gasteiger partial charge in [-0.3, -0.25) is 4.79 Å². The van der Waals surface area contributed by atoms with Crippen LogP contribution in [0.25, 0.3) is 0 Å². The number of hydrogen-bond donors (Lipinski definition) is 1. The molecule has 1 amide bonds. The van der Waals surface area contributed by atoms with Gasteiger partial charge >= 0.3 is 0 Å². The van der Waals surface area contributed by atoms with Crippen LogP contribution in [0.1, 0.15) is 15.9 Å². The Morgan fingerprint density at radius 1 is 1.14 bits per heavy atom. The molecule has 0 bridgehead atoms. The molecular formula is C16H14ClNO3. The summed E-state index contributed by atoms with van der Waals surface area (Å²) >= 11 is 6.17. The fourth-order valence-corrected chi connectivity index (χ4v) is 2.34. The zero-order chi connectivity index (χ0) is 14.8. The van der Waals surface area contributed by atoms with E-state index in [9.17, 15) is 4.79 Å². The summed E-state index contributed by atoms with van der Waals surface area (Å²) in [6, 6.07) is 10.7. The van der Waals surface area contributed by atoms with Crippen molar-refractivity contribution >= 4 is 23.2 Å². The highest BCUT2D eigenvalue weighted by Crippen LogP contribution is 2.38. The molecule has 1 aliphatic rings. The SMILES string of the molecule is Cc1cccc(C(=O)Nc2cc3c(cc2Cl)OCCO3)c1. The quantitative estimate of drug-likeness (QED) is 0.921. The summed E-state index contributed by atoms with van der Waals surface area (Å²) in [5.41, 5.74) is 2.12. The molecule has 2 aromatic carbocycles. The zero-order valence-corrected chi connectivity index (χ0v) is 12.2. The lowest BCUT2D eigenvalue weighted by atomic mass is 10.1. The average molecular weight is 304 g/mol. The van der Waals surface area contributed by atoms with Crippen molar-refractivity contribution in [3.05, 3.63) is 52.5 Å². The Labute approximate surface area is 127 Å². The lowest BCUT2D eigenvalue weighted by molar-refractivity contribution is 0.102. The second-order valence-corrected chi connectivity index (χ2v) is 5.21. The van der Waals surface area contributed by atoms with Crippen LogP contribution < -0.4 is 14.8 Å². The molecule has 1 heterocycles. The minimum atomic E-state index is -0.211. The van der Waals surface area contributed by atoms with Crippen LogP contribution in [-0.2, 0) is 0 Å². The first-order valence-electron chi connectivity index (χ1n) is 6.60. The number of nitrogens with one attached hydrogen (secondary N) is 1. The van der Waals surface area contributed by atoms with Crippen molar-refractivity contribution in [1.82, 2.24) is 0 Å². The topological polar surface area (TPSA) is 47.6 Å². The lowest BCUT2D eigenvalue weighted by Crippen LogP contribution is -2.17. The molecule has 1 aliphatic heterocycles. The molecule has 0 saturated heterocycles. The Balaban J connectivity index is 1.86. The van der Waals surface area contributed by atoms with Crippen molar-refractivity contribution in [2.75, 3.05) is 18.5 Å². The van der Waals surface area contributed by atoms with Gasteiger partial charge in [0, 0.05) is 17.7 Å². The zero-order valence-electron chi connectivity index (χ0n) is 11.5. The molecule has 5 heteroatoms. The maximum Gasteiger partial charge on any atom is 0.255 e. The first-order valence-corrected chi connectivity index (χ1v) is 6.98. The molecule has 0 spiro atoms. The maximum atomic E-state index is 12.2. The third kappa shape index (κ3) is 2.95. The van der Waals surface area contributed by atoms with Crippen molar-refractivity contribution in [2.45, 2.75) is 6.92 Å². The van der Waals surface area contributed by atoms with Crippen LogP contribution in [0.2, 0.25) is 5.02 Å². The van der Waals surface area contributed by atoms with Crippen LogP contribution in [-0.4, -0.2) is 19.1 Å². The molecule has 0 atom stereocenters. The molecule has 2 aromatic rings. The normalized spacial score (nSPS) is 12.9. The largest absolute Gasteiger partial charge is 0.486 e. The molecule has 108 valence electrons. The summed E-state index contributed by atoms with van der Waals surface area (Å²) in [7, 11) is 0. The molecule has 21 heavy (non-hydrogen) atoms. The number of carbonyl (C=O) groups excluding carboxylic acids is 1. The highest BCUT2D eigenvalue weighted by atomic mass is 35.5. The van der Waals surface area contributed by atoms with Crippen molar-refractivity contribution in [3.8, 4) is 11.5 Å². The molecule has 0 fully saturated rings. The van der Waals surface area contributed by atoms with Gasteiger partial charge in [-0.2, -0.15) is 0 Å². The van der Waals surface area contributed by atoms with Crippen LogP contribution in [0.15, 0.2) is 36.4 Å². The summed E-state index contributed by atoms with van der Waals surface area (Å²) in [5, 5.41) is 3.21. The molecule has 3 rings (SSSR count). The molecular weight excluding hydrogens is 290 g/mol. The fraction of sp³-hybridized carbons (Fsp3) is 0.188. The van der Waals surface area contributed by atoms with Crippen LogP contribution in [0.5, 0.6) is 11.5 Å². The van der Waals surface area contributed by atoms with E-state index >= 15 is 0 Å². The molecule has 0 aromatic heterocycles. The highest BCUT2D eigenvalue weighted by molar-refractivity contribution is 6.34. The van der Waals surface area contributed by atoms with Crippen molar-refractivity contribution in [3.63, 3.8) is 0 Å². The first kappa shape index (κ1) is 13.8. The Kier molecular flexibility index (Phi) is 3.71. The van der Waals surface area contributed by atoms with Gasteiger partial charge in [-0.15, -0.1) is 0 Å². The molecule has 1 N–H and O–H groups in total. The fourth-order valence-electron chi connectivity index (χ4n) is 2.14. The predicted molar refractivity (Wildman–Crippen MR) is 81.6 cm³/mol. The Morgan fingerprint density at radius 3 is 2.57 bits per heavy atom. The molecule has 0 aliphatic carbocycles. The number of benzene rings is 2. The lowest BCUT2D eigenvalue weighted by Gasteiger charge is -2.20. The van der Waals surface area contributed by atoms with Gasteiger partial charge in [0.2, 0.25) is 0 Å². The number of halogens is 1. The monoisotopic (exact) mass is 303 g/mol. The number of carbonyl (C=O) groups is 1. The van der Waals surface area contributed by atoms with E-state index in [1.165, 1.54) is 0 Å². The first-order chi connectivity index (χ1) is 10.1. The number of anilines is 1. The Bertz CT molecular complexity index is 700. The number of ether oxygens (including phenoxy) is 2. The molecule has 0 saturated carbocycles. The molecule has 0 unspecified atom stereocenters. The number of hydrogen-bond acceptors (Lipinski definition) is 3. The minimum absolute atomic E-state index is 0.211. The second-order valence-electron chi connectivity index (χ2n) is 4.80. The number of amides is 1. The summed E-state index contributed by atoms with van der Waals surface area (Å²) < 4.78 is 10.9. The number of aryl methyl sites for hydroxylation is 1. The van der Waals surface area contributed by atoms with E-state index in [1.54, 1.807) is 18.2 Å². The summed E-state index contributed by atoms with van der Waals surface area (Å²) in [5.74, 6) is 0.974. The van der Waals surface area contributed by atoms with Gasteiger partial charge in [-0.05, 0) is 19.1 Å². The third-order valence-electron chi connectivity index (χ3n) is 3.16. The number of rotatable bonds is 2. The average Bonchev–Trinajstić information content (AvgIpc) is 2.48. The predicted octanol–water partition coefficient (Wildman–Crippen LogP) is 3.67. The molecule has 0 radical (unpaired) electrons. The van der Waals surface area contributed by atoms with Crippen molar-refractivity contribution in [1.29, 1.82) is 0 Å². The van der Waals surface area contributed by atoms with Gasteiger partial charge in [0.1, 0.15) is 13.2 Å². The van der Waals surface area contributed by atoms with E-state index in [0.29, 0.717) is 41.0 Å². The Hall–Kier alpha value is -2.20. The highest BCUT2D eigenvalue weighted by Gasteiger charge is 2.16. The summed E-state index contributed by atoms with van der Waals surface area (Å²) in [6.07, 6.45) is 0. The van der Waals surface area contributed by atoms with Gasteiger partial charge in [-0.1, -0.05) is 29.3 Å². The van der Waals surface area contributed by atoms with E-state index in [-0.39, 0.29) is 5.91 Å². The third-order valence-corrected chi connectivity index (χ3v) is 3.47. The van der Waals surface area contributed by atoms with E-state index in [0.717, 1.165) is 5.56 Å². The Morgan fingerprint density at radius 2 is 1.86 bits per heavy atom. The van der Waals surface area contributed by atoms with Gasteiger partial charge in [0.25, 0.3) is 5.91 Å². The van der Waals surface area contributed by atoms with Gasteiger partial charge in [0.15, 0.2) is 11.5 Å². The molecule has 4 nitrogen and oxygen atoms in total. The van der Waals surface area contributed by atoms with Gasteiger partial charge in [0.05, 0.1) is 10.7 Å². The van der Waals surface area contributed by atoms with Crippen LogP contribution in [0.4, 0.5) is 5.69 Å². The van der Waals surface area contributed by atoms with Crippen LogP contribution in [0.3, 0.4) is 0 Å². The van der Waals surface area contributed by atoms with E-state index < -0.39 is 0 Å². The summed E-state index contributed by atoms with van der Waals surface area (Å²) in [6.45, 7) is 2.92. The van der Waals surface area contributed by atoms with Gasteiger partial charge in [-0.25, -0.2) is 0 Å². The standard InChI is InChI=1S/C16H14ClNO3/c1-10-3-2-4-11(7-10)16(19)18-13-9-15-14(8-12(13)17)20-5-6-21-15/h2-4,7-9H,5-6H2,1H3,(H,18,19). The van der Waals surface area contributed by atoms with E-state index in [4.69, 9.17) is 21.1 Å². The van der Waals surface area contributed by atoms with Crippen LogP contribution >= 0.6 is 11.6 Å². The van der Waals surface area contributed by atoms with Crippen molar-refractivity contribution in [2.24, 2.45) is 0 Å². The minimum Gasteiger partial charge on any atom is -0.486 e. The van der Waals surface area contributed by atoms with Crippen molar-refractivity contribution < 1.29 is 14.3 Å². The van der Waals surface area contributed by atoms with E-state index in [2.05, 4.69) is 5.32 Å². The second kappa shape index (κ2) is 5.66. The number of fused-ring (bicyclic) bond motifs is 1.